The van der Waals surface area contributed by atoms with Gasteiger partial charge in [0.25, 0.3) is 5.91 Å². The number of hydrogen-bond donors (Lipinski definition) is 2. The summed E-state index contributed by atoms with van der Waals surface area (Å²) >= 11 is 0. The van der Waals surface area contributed by atoms with Gasteiger partial charge in [0.15, 0.2) is 0 Å². The summed E-state index contributed by atoms with van der Waals surface area (Å²) < 4.78 is 6.87. The van der Waals surface area contributed by atoms with Crippen LogP contribution in [-0.2, 0) is 7.05 Å². The lowest BCUT2D eigenvalue weighted by Gasteiger charge is -2.17. The number of methoxy groups -OCH3 is 1. The van der Waals surface area contributed by atoms with E-state index in [1.54, 1.807) is 24.9 Å². The van der Waals surface area contributed by atoms with Crippen LogP contribution in [0.5, 0.6) is 5.75 Å². The fourth-order valence-electron chi connectivity index (χ4n) is 4.28. The second-order valence-electron chi connectivity index (χ2n) is 8.81. The largest absolute Gasteiger partial charge is 0.497 e. The molecule has 1 amide bonds. The molecule has 0 spiro atoms. The number of rotatable bonds is 7. The molecule has 0 atom stereocenters. The van der Waals surface area contributed by atoms with E-state index in [1.807, 2.05) is 61.5 Å². The van der Waals surface area contributed by atoms with Crippen LogP contribution in [0.3, 0.4) is 0 Å². The molecule has 4 aromatic rings. The molecule has 2 aromatic carbocycles. The van der Waals surface area contributed by atoms with Crippen molar-refractivity contribution in [3.05, 3.63) is 72.1 Å². The van der Waals surface area contributed by atoms with Gasteiger partial charge in [0.2, 0.25) is 5.95 Å². The number of carbonyl (C=O) groups excluding carboxylic acids is 1. The molecule has 0 bridgehead atoms. The number of anilines is 4. The summed E-state index contributed by atoms with van der Waals surface area (Å²) in [5.74, 6) is 2.02. The molecule has 36 heavy (non-hydrogen) atoms. The highest BCUT2D eigenvalue weighted by atomic mass is 16.5. The molecule has 1 aliphatic rings. The second-order valence-corrected chi connectivity index (χ2v) is 8.81. The minimum atomic E-state index is -0.239. The highest BCUT2D eigenvalue weighted by molar-refractivity contribution is 6.03. The van der Waals surface area contributed by atoms with E-state index in [1.165, 1.54) is 12.8 Å². The number of benzene rings is 2. The number of aromatic nitrogens is 4. The Morgan fingerprint density at radius 3 is 2.47 bits per heavy atom. The van der Waals surface area contributed by atoms with Crippen molar-refractivity contribution < 1.29 is 9.53 Å². The molecule has 1 aliphatic heterocycles. The summed E-state index contributed by atoms with van der Waals surface area (Å²) in [5, 5.41) is 10.7. The topological polar surface area (TPSA) is 97.2 Å². The number of aryl methyl sites for hydroxylation is 2. The monoisotopic (exact) mass is 483 g/mol. The van der Waals surface area contributed by atoms with Gasteiger partial charge in [-0.1, -0.05) is 12.1 Å². The van der Waals surface area contributed by atoms with Gasteiger partial charge in [0.05, 0.1) is 12.8 Å². The van der Waals surface area contributed by atoms with Gasteiger partial charge < -0.3 is 20.3 Å². The van der Waals surface area contributed by atoms with Gasteiger partial charge in [-0.25, -0.2) is 4.98 Å². The van der Waals surface area contributed by atoms with E-state index in [0.717, 1.165) is 41.6 Å². The number of hydrogen-bond acceptors (Lipinski definition) is 7. The number of amides is 1. The van der Waals surface area contributed by atoms with Crippen molar-refractivity contribution in [2.24, 2.45) is 7.05 Å². The summed E-state index contributed by atoms with van der Waals surface area (Å²) in [6, 6.07) is 18.9. The third-order valence-electron chi connectivity index (χ3n) is 6.15. The molecule has 0 saturated carbocycles. The molecule has 184 valence electrons. The first kappa shape index (κ1) is 23.3. The maximum absolute atomic E-state index is 12.9. The van der Waals surface area contributed by atoms with E-state index in [2.05, 4.69) is 30.6 Å². The van der Waals surface area contributed by atoms with Gasteiger partial charge in [-0.2, -0.15) is 10.1 Å². The Hall–Kier alpha value is -4.40. The lowest BCUT2D eigenvalue weighted by molar-refractivity contribution is 0.101. The molecule has 1 saturated heterocycles. The normalized spacial score (nSPS) is 13.0. The van der Waals surface area contributed by atoms with Crippen LogP contribution in [0.1, 0.15) is 29.0 Å². The molecule has 0 radical (unpaired) electrons. The molecule has 9 nitrogen and oxygen atoms in total. The minimum absolute atomic E-state index is 0.239. The maximum atomic E-state index is 12.9. The van der Waals surface area contributed by atoms with Crippen LogP contribution in [0.2, 0.25) is 0 Å². The number of ether oxygens (including phenoxy) is 1. The zero-order valence-electron chi connectivity index (χ0n) is 20.7. The van der Waals surface area contributed by atoms with Crippen molar-refractivity contribution in [1.29, 1.82) is 0 Å². The van der Waals surface area contributed by atoms with E-state index < -0.39 is 0 Å². The second kappa shape index (κ2) is 10.1. The highest BCUT2D eigenvalue weighted by Gasteiger charge is 2.16. The number of nitrogens with one attached hydrogen (secondary N) is 2. The summed E-state index contributed by atoms with van der Waals surface area (Å²) in [4.78, 5) is 24.4. The van der Waals surface area contributed by atoms with E-state index in [9.17, 15) is 4.79 Å². The van der Waals surface area contributed by atoms with Gasteiger partial charge in [0.1, 0.15) is 17.3 Å². The van der Waals surface area contributed by atoms with Crippen molar-refractivity contribution in [2.75, 3.05) is 35.7 Å². The number of nitrogens with zero attached hydrogens (tertiary/aromatic N) is 5. The Balaban J connectivity index is 1.26. The smallest absolute Gasteiger partial charge is 0.273 e. The third-order valence-corrected chi connectivity index (χ3v) is 6.15. The van der Waals surface area contributed by atoms with Crippen LogP contribution < -0.4 is 20.3 Å². The Morgan fingerprint density at radius 2 is 1.72 bits per heavy atom. The van der Waals surface area contributed by atoms with Gasteiger partial charge in [-0.3, -0.25) is 9.48 Å². The molecule has 5 rings (SSSR count). The standard InChI is InChI=1S/C27H29N7O2/c1-18-15-25(34-13-4-5-14-34)31-27(28-18)30-21-11-9-20(10-12-21)29-26(35)24-17-23(32-33(24)2)19-7-6-8-22(16-19)36-3/h6-12,15-17H,4-5,13-14H2,1-3H3,(H,29,35)(H,28,30,31). The SMILES string of the molecule is COc1cccc(-c2cc(C(=O)Nc3ccc(Nc4nc(C)cc(N5CCCC5)n4)cc3)n(C)n2)c1. The van der Waals surface area contributed by atoms with Crippen LogP contribution in [0.25, 0.3) is 11.3 Å². The molecular formula is C27H29N7O2. The Kier molecular flexibility index (Phi) is 6.53. The lowest BCUT2D eigenvalue weighted by atomic mass is 10.1. The van der Waals surface area contributed by atoms with Crippen LogP contribution in [-0.4, -0.2) is 45.9 Å². The Labute approximate surface area is 210 Å². The van der Waals surface area contributed by atoms with Crippen LogP contribution in [0, 0.1) is 6.92 Å². The first-order valence-electron chi connectivity index (χ1n) is 12.0. The van der Waals surface area contributed by atoms with Crippen molar-refractivity contribution in [3.8, 4) is 17.0 Å². The summed E-state index contributed by atoms with van der Waals surface area (Å²) in [5.41, 5.74) is 4.48. The molecule has 2 N–H and O–H groups in total. The quantitative estimate of drug-likeness (QED) is 0.390. The first-order valence-corrected chi connectivity index (χ1v) is 12.0. The van der Waals surface area contributed by atoms with Crippen LogP contribution >= 0.6 is 0 Å². The van der Waals surface area contributed by atoms with E-state index in [-0.39, 0.29) is 5.91 Å². The average Bonchev–Trinajstić information content (AvgIpc) is 3.55. The molecule has 0 unspecified atom stereocenters. The van der Waals surface area contributed by atoms with Gasteiger partial charge in [0, 0.05) is 48.8 Å². The average molecular weight is 484 g/mol. The fourth-order valence-corrected chi connectivity index (χ4v) is 4.28. The maximum Gasteiger partial charge on any atom is 0.273 e. The first-order chi connectivity index (χ1) is 17.5. The minimum Gasteiger partial charge on any atom is -0.497 e. The Bertz CT molecular complexity index is 1380. The third kappa shape index (κ3) is 5.14. The molecule has 1 fully saturated rings. The zero-order valence-corrected chi connectivity index (χ0v) is 20.7. The van der Waals surface area contributed by atoms with Crippen LogP contribution in [0.15, 0.2) is 60.7 Å². The van der Waals surface area contributed by atoms with Crippen molar-refractivity contribution >= 4 is 29.0 Å². The van der Waals surface area contributed by atoms with Crippen molar-refractivity contribution in [1.82, 2.24) is 19.7 Å². The van der Waals surface area contributed by atoms with E-state index in [4.69, 9.17) is 4.74 Å². The van der Waals surface area contributed by atoms with Gasteiger partial charge >= 0.3 is 0 Å². The zero-order chi connectivity index (χ0) is 25.1. The molecule has 2 aromatic heterocycles. The molecule has 0 aliphatic carbocycles. The lowest BCUT2D eigenvalue weighted by Crippen LogP contribution is -2.19. The van der Waals surface area contributed by atoms with E-state index in [0.29, 0.717) is 23.0 Å². The predicted octanol–water partition coefficient (Wildman–Crippen LogP) is 4.79. The number of carbonyl (C=O) groups is 1. The molecule has 9 heteroatoms. The highest BCUT2D eigenvalue weighted by Crippen LogP contribution is 2.25. The Morgan fingerprint density at radius 1 is 0.972 bits per heavy atom. The van der Waals surface area contributed by atoms with E-state index >= 15 is 0 Å². The van der Waals surface area contributed by atoms with Gasteiger partial charge in [-0.05, 0) is 62.2 Å². The summed E-state index contributed by atoms with van der Waals surface area (Å²) in [7, 11) is 3.38. The molecular weight excluding hydrogens is 454 g/mol. The summed E-state index contributed by atoms with van der Waals surface area (Å²) in [6.45, 7) is 4.03. The van der Waals surface area contributed by atoms with Gasteiger partial charge in [-0.15, -0.1) is 0 Å². The fraction of sp³-hybridized carbons (Fsp3) is 0.259. The van der Waals surface area contributed by atoms with Crippen molar-refractivity contribution in [3.63, 3.8) is 0 Å². The van der Waals surface area contributed by atoms with Crippen molar-refractivity contribution in [2.45, 2.75) is 19.8 Å². The summed E-state index contributed by atoms with van der Waals surface area (Å²) in [6.07, 6.45) is 2.39. The molecule has 3 heterocycles. The van der Waals surface area contributed by atoms with Crippen LogP contribution in [0.4, 0.5) is 23.1 Å². The predicted molar refractivity (Wildman–Crippen MR) is 141 cm³/mol.